The highest BCUT2D eigenvalue weighted by Crippen LogP contribution is 2.38. The molecule has 7 nitrogen and oxygen atoms in total. The van der Waals surface area contributed by atoms with Gasteiger partial charge in [-0.3, -0.25) is 4.79 Å². The SMILES string of the molecule is CC(C)(C)c1ccc(CC(C(N)=O)(c2cccc(OC(F)(F)F)c2)n2ccc3ccnc(C(=O)O)c32)cc1. The molecule has 10 heteroatoms. The topological polar surface area (TPSA) is 107 Å². The van der Waals surface area contributed by atoms with Crippen LogP contribution in [0.5, 0.6) is 5.75 Å². The number of carbonyl (C=O) groups is 2. The fourth-order valence-corrected chi connectivity index (χ4v) is 4.60. The van der Waals surface area contributed by atoms with E-state index in [0.29, 0.717) is 10.9 Å². The van der Waals surface area contributed by atoms with Crippen LogP contribution in [0.2, 0.25) is 0 Å². The smallest absolute Gasteiger partial charge is 0.476 e. The standard InChI is InChI=1S/C28H26F3N3O4/c1-26(2,3)19-9-7-17(8-10-19)16-27(25(32)37,20-5-4-6-21(15-20)38-28(29,30)31)34-14-12-18-11-13-33-22(23(18)34)24(35)36/h4-15H,16H2,1-3H3,(H2,32,37)(H,35,36). The summed E-state index contributed by atoms with van der Waals surface area (Å²) in [6.07, 6.45) is -2.23. The van der Waals surface area contributed by atoms with E-state index in [-0.39, 0.29) is 28.6 Å². The molecule has 0 spiro atoms. The Morgan fingerprint density at radius 2 is 1.68 bits per heavy atom. The Morgan fingerprint density at radius 1 is 1.00 bits per heavy atom. The molecule has 1 unspecified atom stereocenters. The van der Waals surface area contributed by atoms with Gasteiger partial charge in [0.05, 0.1) is 5.52 Å². The molecule has 4 aromatic rings. The highest BCUT2D eigenvalue weighted by Gasteiger charge is 2.43. The van der Waals surface area contributed by atoms with Gasteiger partial charge in [0.2, 0.25) is 5.91 Å². The first-order chi connectivity index (χ1) is 17.7. The number of carboxylic acids is 1. The van der Waals surface area contributed by atoms with E-state index < -0.39 is 29.5 Å². The number of carbonyl (C=O) groups excluding carboxylic acids is 1. The second-order valence-electron chi connectivity index (χ2n) is 10.0. The van der Waals surface area contributed by atoms with E-state index in [1.54, 1.807) is 12.1 Å². The van der Waals surface area contributed by atoms with Gasteiger partial charge >= 0.3 is 12.3 Å². The molecule has 0 radical (unpaired) electrons. The predicted octanol–water partition coefficient (Wildman–Crippen LogP) is 5.40. The lowest BCUT2D eigenvalue weighted by atomic mass is 9.81. The number of alkyl halides is 3. The molecule has 2 aromatic heterocycles. The van der Waals surface area contributed by atoms with Crippen LogP contribution in [0.3, 0.4) is 0 Å². The summed E-state index contributed by atoms with van der Waals surface area (Å²) in [6.45, 7) is 6.15. The lowest BCUT2D eigenvalue weighted by Crippen LogP contribution is -2.49. The summed E-state index contributed by atoms with van der Waals surface area (Å²) in [4.78, 5) is 29.5. The van der Waals surface area contributed by atoms with Gasteiger partial charge in [0.15, 0.2) is 11.2 Å². The van der Waals surface area contributed by atoms with Gasteiger partial charge < -0.3 is 20.1 Å². The molecule has 2 heterocycles. The van der Waals surface area contributed by atoms with Crippen LogP contribution in [0, 0.1) is 0 Å². The van der Waals surface area contributed by atoms with Crippen molar-refractivity contribution in [3.05, 3.63) is 95.4 Å². The molecular weight excluding hydrogens is 499 g/mol. The second kappa shape index (κ2) is 9.51. The van der Waals surface area contributed by atoms with Crippen molar-refractivity contribution in [2.24, 2.45) is 5.73 Å². The zero-order valence-electron chi connectivity index (χ0n) is 20.9. The number of amides is 1. The molecule has 0 aliphatic heterocycles. The monoisotopic (exact) mass is 525 g/mol. The van der Waals surface area contributed by atoms with Crippen molar-refractivity contribution < 1.29 is 32.6 Å². The number of primary amides is 1. The third-order valence-corrected chi connectivity index (χ3v) is 6.45. The molecule has 1 atom stereocenters. The van der Waals surface area contributed by atoms with Crippen LogP contribution in [0.15, 0.2) is 73.1 Å². The van der Waals surface area contributed by atoms with Crippen LogP contribution < -0.4 is 10.5 Å². The van der Waals surface area contributed by atoms with Crippen molar-refractivity contribution in [2.45, 2.75) is 44.5 Å². The lowest BCUT2D eigenvalue weighted by molar-refractivity contribution is -0.274. The Hall–Kier alpha value is -4.34. The van der Waals surface area contributed by atoms with Crippen LogP contribution in [-0.2, 0) is 22.2 Å². The summed E-state index contributed by atoms with van der Waals surface area (Å²) < 4.78 is 44.6. The average Bonchev–Trinajstić information content (AvgIpc) is 3.25. The van der Waals surface area contributed by atoms with Gasteiger partial charge in [0, 0.05) is 24.2 Å². The molecule has 0 aliphatic rings. The van der Waals surface area contributed by atoms with Crippen molar-refractivity contribution in [3.8, 4) is 5.75 Å². The maximum atomic E-state index is 13.4. The molecule has 0 bridgehead atoms. The number of rotatable bonds is 7. The Bertz CT molecular complexity index is 1500. The molecule has 0 aliphatic carbocycles. The second-order valence-corrected chi connectivity index (χ2v) is 10.0. The summed E-state index contributed by atoms with van der Waals surface area (Å²) in [7, 11) is 0. The number of aromatic carboxylic acids is 1. The van der Waals surface area contributed by atoms with E-state index in [4.69, 9.17) is 5.73 Å². The molecule has 0 fully saturated rings. The van der Waals surface area contributed by atoms with E-state index in [1.165, 1.54) is 29.1 Å². The summed E-state index contributed by atoms with van der Waals surface area (Å²) in [5, 5.41) is 10.3. The maximum Gasteiger partial charge on any atom is 0.573 e. The number of nitrogens with zero attached hydrogens (tertiary/aromatic N) is 2. The number of aromatic nitrogens is 2. The zero-order valence-corrected chi connectivity index (χ0v) is 20.9. The molecular formula is C28H26F3N3O4. The molecule has 38 heavy (non-hydrogen) atoms. The van der Waals surface area contributed by atoms with Gasteiger partial charge in [-0.1, -0.05) is 57.2 Å². The summed E-state index contributed by atoms with van der Waals surface area (Å²) >= 11 is 0. The lowest BCUT2D eigenvalue weighted by Gasteiger charge is -2.35. The minimum Gasteiger partial charge on any atom is -0.476 e. The van der Waals surface area contributed by atoms with Gasteiger partial charge in [-0.2, -0.15) is 0 Å². The molecule has 198 valence electrons. The van der Waals surface area contributed by atoms with E-state index in [2.05, 4.69) is 9.72 Å². The maximum absolute atomic E-state index is 13.4. The first-order valence-corrected chi connectivity index (χ1v) is 11.7. The molecule has 4 rings (SSSR count). The number of carboxylic acid groups (broad SMARTS) is 1. The number of pyridine rings is 1. The van der Waals surface area contributed by atoms with Crippen molar-refractivity contribution in [3.63, 3.8) is 0 Å². The Morgan fingerprint density at radius 3 is 2.26 bits per heavy atom. The molecule has 1 amide bonds. The fraction of sp³-hybridized carbons (Fsp3) is 0.250. The number of hydrogen-bond acceptors (Lipinski definition) is 4. The minimum atomic E-state index is -4.96. The number of benzene rings is 2. The van der Waals surface area contributed by atoms with Gasteiger partial charge in [-0.05, 0) is 46.4 Å². The number of hydrogen-bond donors (Lipinski definition) is 2. The number of nitrogens with two attached hydrogens (primary N) is 1. The highest BCUT2D eigenvalue weighted by atomic mass is 19.4. The molecule has 0 saturated carbocycles. The van der Waals surface area contributed by atoms with Crippen molar-refractivity contribution >= 4 is 22.8 Å². The van der Waals surface area contributed by atoms with Crippen LogP contribution >= 0.6 is 0 Å². The van der Waals surface area contributed by atoms with E-state index >= 15 is 0 Å². The average molecular weight is 526 g/mol. The Labute approximate surface area is 216 Å². The van der Waals surface area contributed by atoms with E-state index in [9.17, 15) is 27.9 Å². The largest absolute Gasteiger partial charge is 0.573 e. The van der Waals surface area contributed by atoms with Gasteiger partial charge in [-0.15, -0.1) is 13.2 Å². The zero-order chi connectivity index (χ0) is 27.9. The number of fused-ring (bicyclic) bond motifs is 1. The van der Waals surface area contributed by atoms with Gasteiger partial charge in [0.25, 0.3) is 0 Å². The van der Waals surface area contributed by atoms with Gasteiger partial charge in [0.1, 0.15) is 5.75 Å². The quantitative estimate of drug-likeness (QED) is 0.336. The van der Waals surface area contributed by atoms with Crippen molar-refractivity contribution in [1.82, 2.24) is 9.55 Å². The van der Waals surface area contributed by atoms with Crippen LogP contribution in [-0.4, -0.2) is 32.9 Å². The predicted molar refractivity (Wildman–Crippen MR) is 135 cm³/mol. The fourth-order valence-electron chi connectivity index (χ4n) is 4.60. The van der Waals surface area contributed by atoms with Crippen LogP contribution in [0.1, 0.15) is 48.0 Å². The van der Waals surface area contributed by atoms with Crippen LogP contribution in [0.4, 0.5) is 13.2 Å². The summed E-state index contributed by atoms with van der Waals surface area (Å²) in [5.41, 5.74) is 5.63. The van der Waals surface area contributed by atoms with Crippen molar-refractivity contribution in [2.75, 3.05) is 0 Å². The molecule has 2 aromatic carbocycles. The minimum absolute atomic E-state index is 0.0834. The summed E-state index contributed by atoms with van der Waals surface area (Å²) in [6, 6.07) is 15.6. The van der Waals surface area contributed by atoms with E-state index in [0.717, 1.165) is 17.7 Å². The number of ether oxygens (including phenoxy) is 1. The number of halogens is 3. The third kappa shape index (κ3) is 5.06. The highest BCUT2D eigenvalue weighted by molar-refractivity contribution is 6.02. The van der Waals surface area contributed by atoms with Crippen LogP contribution in [0.25, 0.3) is 10.9 Å². The first-order valence-electron chi connectivity index (χ1n) is 11.7. The summed E-state index contributed by atoms with van der Waals surface area (Å²) in [5.74, 6) is -2.78. The first kappa shape index (κ1) is 26.7. The van der Waals surface area contributed by atoms with Crippen molar-refractivity contribution in [1.29, 1.82) is 0 Å². The van der Waals surface area contributed by atoms with E-state index in [1.807, 2.05) is 45.0 Å². The Kier molecular flexibility index (Phi) is 6.69. The Balaban J connectivity index is 2.01. The molecule has 3 N–H and O–H groups in total. The third-order valence-electron chi connectivity index (χ3n) is 6.45. The normalized spacial score (nSPS) is 13.7. The van der Waals surface area contributed by atoms with Gasteiger partial charge in [-0.25, -0.2) is 9.78 Å². The molecule has 0 saturated heterocycles.